The van der Waals surface area contributed by atoms with E-state index in [0.717, 1.165) is 44.7 Å². The number of nitrogens with zero attached hydrogens (tertiary/aromatic N) is 1. The van der Waals surface area contributed by atoms with E-state index in [4.69, 9.17) is 0 Å². The molecular weight excluding hydrogens is 317 g/mol. The molecule has 1 unspecified atom stereocenters. The van der Waals surface area contributed by atoms with E-state index in [1.807, 2.05) is 13.0 Å². The third-order valence-corrected chi connectivity index (χ3v) is 4.09. The normalized spacial score (nSPS) is 16.4. The largest absolute Gasteiger partial charge is 0.356 e. The van der Waals surface area contributed by atoms with E-state index in [0.29, 0.717) is 13.0 Å². The molecular formula is C17H27ClFN3O. The fourth-order valence-electron chi connectivity index (χ4n) is 2.75. The van der Waals surface area contributed by atoms with Crippen LogP contribution in [0.5, 0.6) is 0 Å². The molecule has 1 aromatic rings. The van der Waals surface area contributed by atoms with Gasteiger partial charge in [0.15, 0.2) is 0 Å². The summed E-state index contributed by atoms with van der Waals surface area (Å²) in [5.74, 6) is -0.179. The molecule has 0 spiro atoms. The molecule has 2 rings (SSSR count). The van der Waals surface area contributed by atoms with Crippen molar-refractivity contribution in [3.05, 3.63) is 35.6 Å². The summed E-state index contributed by atoms with van der Waals surface area (Å²) in [5, 5.41) is 6.29. The highest BCUT2D eigenvalue weighted by atomic mass is 35.5. The van der Waals surface area contributed by atoms with Gasteiger partial charge in [-0.05, 0) is 36.6 Å². The van der Waals surface area contributed by atoms with E-state index in [1.54, 1.807) is 6.07 Å². The van der Waals surface area contributed by atoms with Gasteiger partial charge in [0, 0.05) is 39.1 Å². The lowest BCUT2D eigenvalue weighted by Crippen LogP contribution is -2.44. The number of hydrogen-bond acceptors (Lipinski definition) is 3. The predicted octanol–water partition coefficient (Wildman–Crippen LogP) is 2.15. The number of carbonyl (C=O) groups excluding carboxylic acids is 1. The average Bonchev–Trinajstić information content (AvgIpc) is 2.52. The zero-order valence-electron chi connectivity index (χ0n) is 13.7. The van der Waals surface area contributed by atoms with E-state index < -0.39 is 0 Å². The lowest BCUT2D eigenvalue weighted by Gasteiger charge is -2.27. The molecule has 0 saturated carbocycles. The Hall–Kier alpha value is -1.17. The third kappa shape index (κ3) is 7.29. The minimum absolute atomic E-state index is 0. The third-order valence-electron chi connectivity index (χ3n) is 4.09. The first-order valence-electron chi connectivity index (χ1n) is 8.10. The van der Waals surface area contributed by atoms with Gasteiger partial charge >= 0.3 is 0 Å². The number of rotatable bonds is 7. The Labute approximate surface area is 144 Å². The molecule has 1 saturated heterocycles. The molecule has 6 heteroatoms. The number of hydrogen-bond donors (Lipinski definition) is 2. The zero-order valence-corrected chi connectivity index (χ0v) is 14.5. The summed E-state index contributed by atoms with van der Waals surface area (Å²) in [5.41, 5.74) is 0.871. The number of carbonyl (C=O) groups is 1. The number of nitrogens with one attached hydrogen (secondary N) is 2. The maximum atomic E-state index is 13.2. The standard InChI is InChI=1S/C17H26FN3O.ClH/c1-14(15-4-2-5-16(18)13-15)12-17(22)20-6-3-9-21-10-7-19-8-11-21;/h2,4-5,13-14,19H,3,6-12H2,1H3,(H,20,22);1H. The molecule has 0 aromatic heterocycles. The average molecular weight is 344 g/mol. The SMILES string of the molecule is CC(CC(=O)NCCCN1CCNCC1)c1cccc(F)c1.Cl. The molecule has 1 aliphatic rings. The van der Waals surface area contributed by atoms with Crippen molar-refractivity contribution in [3.63, 3.8) is 0 Å². The smallest absolute Gasteiger partial charge is 0.220 e. The van der Waals surface area contributed by atoms with Crippen molar-refractivity contribution >= 4 is 18.3 Å². The fourth-order valence-corrected chi connectivity index (χ4v) is 2.75. The first kappa shape index (κ1) is 19.9. The van der Waals surface area contributed by atoms with Gasteiger partial charge in [0.2, 0.25) is 5.91 Å². The van der Waals surface area contributed by atoms with Crippen LogP contribution in [0.15, 0.2) is 24.3 Å². The molecule has 1 aromatic carbocycles. The minimum atomic E-state index is -0.249. The summed E-state index contributed by atoms with van der Waals surface area (Å²) < 4.78 is 13.2. The molecule has 0 radical (unpaired) electrons. The summed E-state index contributed by atoms with van der Waals surface area (Å²) in [7, 11) is 0. The summed E-state index contributed by atoms with van der Waals surface area (Å²) >= 11 is 0. The molecule has 1 amide bonds. The van der Waals surface area contributed by atoms with Crippen LogP contribution in [0.25, 0.3) is 0 Å². The molecule has 1 aliphatic heterocycles. The van der Waals surface area contributed by atoms with E-state index in [9.17, 15) is 9.18 Å². The van der Waals surface area contributed by atoms with Crippen molar-refractivity contribution in [2.75, 3.05) is 39.3 Å². The van der Waals surface area contributed by atoms with Crippen molar-refractivity contribution in [1.82, 2.24) is 15.5 Å². The van der Waals surface area contributed by atoms with Crippen molar-refractivity contribution in [3.8, 4) is 0 Å². The van der Waals surface area contributed by atoms with Crippen LogP contribution in [0.4, 0.5) is 4.39 Å². The molecule has 1 atom stereocenters. The Kier molecular flexibility index (Phi) is 9.14. The number of halogens is 2. The zero-order chi connectivity index (χ0) is 15.8. The summed E-state index contributed by atoms with van der Waals surface area (Å²) in [4.78, 5) is 14.3. The first-order chi connectivity index (χ1) is 10.6. The van der Waals surface area contributed by atoms with Crippen LogP contribution < -0.4 is 10.6 Å². The minimum Gasteiger partial charge on any atom is -0.356 e. The highest BCUT2D eigenvalue weighted by Gasteiger charge is 2.12. The van der Waals surface area contributed by atoms with Gasteiger partial charge in [0.1, 0.15) is 5.82 Å². The molecule has 130 valence electrons. The van der Waals surface area contributed by atoms with Gasteiger partial charge in [-0.2, -0.15) is 0 Å². The van der Waals surface area contributed by atoms with Crippen LogP contribution >= 0.6 is 12.4 Å². The highest BCUT2D eigenvalue weighted by molar-refractivity contribution is 5.85. The van der Waals surface area contributed by atoms with Gasteiger partial charge in [-0.15, -0.1) is 12.4 Å². The van der Waals surface area contributed by atoms with Gasteiger partial charge in [0.05, 0.1) is 0 Å². The van der Waals surface area contributed by atoms with Crippen LogP contribution in [-0.4, -0.2) is 50.1 Å². The number of amides is 1. The molecule has 0 aliphatic carbocycles. The van der Waals surface area contributed by atoms with E-state index >= 15 is 0 Å². The summed E-state index contributed by atoms with van der Waals surface area (Å²) in [6.45, 7) is 7.97. The Morgan fingerprint density at radius 3 is 2.83 bits per heavy atom. The first-order valence-corrected chi connectivity index (χ1v) is 8.10. The maximum Gasteiger partial charge on any atom is 0.220 e. The second-order valence-electron chi connectivity index (χ2n) is 5.96. The molecule has 0 bridgehead atoms. The predicted molar refractivity (Wildman–Crippen MR) is 93.6 cm³/mol. The van der Waals surface area contributed by atoms with Crippen LogP contribution in [-0.2, 0) is 4.79 Å². The maximum absolute atomic E-state index is 13.2. The van der Waals surface area contributed by atoms with Gasteiger partial charge in [-0.1, -0.05) is 19.1 Å². The second-order valence-corrected chi connectivity index (χ2v) is 5.96. The van der Waals surface area contributed by atoms with Gasteiger partial charge in [-0.25, -0.2) is 4.39 Å². The molecule has 1 heterocycles. The summed E-state index contributed by atoms with van der Waals surface area (Å²) in [6.07, 6.45) is 1.37. The van der Waals surface area contributed by atoms with Gasteiger partial charge in [0.25, 0.3) is 0 Å². The Bertz CT molecular complexity index is 481. The van der Waals surface area contributed by atoms with E-state index in [-0.39, 0.29) is 30.0 Å². The fraction of sp³-hybridized carbons (Fsp3) is 0.588. The molecule has 4 nitrogen and oxygen atoms in total. The van der Waals surface area contributed by atoms with Crippen molar-refractivity contribution in [2.24, 2.45) is 0 Å². The van der Waals surface area contributed by atoms with Crippen LogP contribution in [0.3, 0.4) is 0 Å². The quantitative estimate of drug-likeness (QED) is 0.746. The van der Waals surface area contributed by atoms with Crippen molar-refractivity contribution in [1.29, 1.82) is 0 Å². The lowest BCUT2D eigenvalue weighted by atomic mass is 9.97. The van der Waals surface area contributed by atoms with Crippen molar-refractivity contribution < 1.29 is 9.18 Å². The summed E-state index contributed by atoms with van der Waals surface area (Å²) in [6, 6.07) is 6.48. The van der Waals surface area contributed by atoms with Crippen LogP contribution in [0, 0.1) is 5.82 Å². The number of piperazine rings is 1. The molecule has 2 N–H and O–H groups in total. The number of benzene rings is 1. The van der Waals surface area contributed by atoms with Crippen molar-refractivity contribution in [2.45, 2.75) is 25.7 Å². The van der Waals surface area contributed by atoms with Crippen LogP contribution in [0.2, 0.25) is 0 Å². The molecule has 1 fully saturated rings. The van der Waals surface area contributed by atoms with E-state index in [1.165, 1.54) is 12.1 Å². The van der Waals surface area contributed by atoms with Crippen LogP contribution in [0.1, 0.15) is 31.2 Å². The second kappa shape index (κ2) is 10.6. The highest BCUT2D eigenvalue weighted by Crippen LogP contribution is 2.19. The van der Waals surface area contributed by atoms with Gasteiger partial charge in [-0.3, -0.25) is 4.79 Å². The van der Waals surface area contributed by atoms with Gasteiger partial charge < -0.3 is 15.5 Å². The Balaban J connectivity index is 0.00000264. The Morgan fingerprint density at radius 2 is 2.13 bits per heavy atom. The lowest BCUT2D eigenvalue weighted by molar-refractivity contribution is -0.121. The monoisotopic (exact) mass is 343 g/mol. The molecule has 23 heavy (non-hydrogen) atoms. The van der Waals surface area contributed by atoms with E-state index in [2.05, 4.69) is 15.5 Å². The Morgan fingerprint density at radius 1 is 1.39 bits per heavy atom. The topological polar surface area (TPSA) is 44.4 Å².